The zero-order chi connectivity index (χ0) is 23.5. The number of nitrogens with one attached hydrogen (secondary N) is 2. The molecule has 2 N–H and O–H groups in total. The third-order valence-corrected chi connectivity index (χ3v) is 5.85. The van der Waals surface area contributed by atoms with E-state index in [0.717, 1.165) is 12.1 Å². The Kier molecular flexibility index (Phi) is 6.84. The number of ether oxygens (including phenoxy) is 3. The highest BCUT2D eigenvalue weighted by molar-refractivity contribution is 7.89. The molecule has 174 valence electrons. The van der Waals surface area contributed by atoms with Crippen LogP contribution >= 0.6 is 0 Å². The first-order valence-corrected chi connectivity index (χ1v) is 11.0. The van der Waals surface area contributed by atoms with E-state index in [0.29, 0.717) is 12.4 Å². The van der Waals surface area contributed by atoms with Crippen molar-refractivity contribution in [2.75, 3.05) is 18.5 Å². The number of carbonyl (C=O) groups excluding carboxylic acids is 1. The van der Waals surface area contributed by atoms with Gasteiger partial charge in [0.25, 0.3) is 0 Å². The molecule has 1 atom stereocenters. The number of benzene rings is 2. The van der Waals surface area contributed by atoms with Crippen molar-refractivity contribution in [3.8, 4) is 17.2 Å². The zero-order valence-electron chi connectivity index (χ0n) is 17.1. The van der Waals surface area contributed by atoms with Crippen molar-refractivity contribution in [3.05, 3.63) is 42.5 Å². The molecule has 32 heavy (non-hydrogen) atoms. The average Bonchev–Trinajstić information content (AvgIpc) is 2.72. The summed E-state index contributed by atoms with van der Waals surface area (Å²) in [5.74, 6) is -0.854. The molecule has 0 fully saturated rings. The lowest BCUT2D eigenvalue weighted by molar-refractivity contribution is -0.274. The predicted octanol–water partition coefficient (Wildman–Crippen LogP) is 3.30. The van der Waals surface area contributed by atoms with E-state index in [9.17, 15) is 26.4 Å². The Morgan fingerprint density at radius 3 is 2.25 bits per heavy atom. The van der Waals surface area contributed by atoms with Crippen LogP contribution in [0.5, 0.6) is 17.2 Å². The van der Waals surface area contributed by atoms with Gasteiger partial charge < -0.3 is 19.5 Å². The molecule has 8 nitrogen and oxygen atoms in total. The molecule has 0 aliphatic carbocycles. The van der Waals surface area contributed by atoms with Gasteiger partial charge in [-0.05, 0) is 42.3 Å². The zero-order valence-corrected chi connectivity index (χ0v) is 17.9. The van der Waals surface area contributed by atoms with Crippen molar-refractivity contribution < 1.29 is 40.6 Å². The molecule has 1 aliphatic rings. The van der Waals surface area contributed by atoms with Crippen LogP contribution in [0.3, 0.4) is 0 Å². The van der Waals surface area contributed by atoms with Crippen molar-refractivity contribution in [2.24, 2.45) is 5.92 Å². The second kappa shape index (κ2) is 9.25. The Hall–Kier alpha value is -2.99. The van der Waals surface area contributed by atoms with E-state index in [1.807, 2.05) is 0 Å². The van der Waals surface area contributed by atoms with Gasteiger partial charge in [0.15, 0.2) is 11.5 Å². The summed E-state index contributed by atoms with van der Waals surface area (Å²) in [6, 6.07) is 7.46. The molecule has 0 spiro atoms. The Morgan fingerprint density at radius 2 is 1.66 bits per heavy atom. The molecule has 0 saturated carbocycles. The number of hydrogen-bond donors (Lipinski definition) is 2. The van der Waals surface area contributed by atoms with Crippen LogP contribution in [0.1, 0.15) is 13.8 Å². The second-order valence-electron chi connectivity index (χ2n) is 7.21. The lowest BCUT2D eigenvalue weighted by atomic mass is 10.0. The van der Waals surface area contributed by atoms with Crippen LogP contribution in [0.4, 0.5) is 18.9 Å². The SMILES string of the molecule is CC(C)[C@@H](NS(=O)(=O)c1ccc2c(c1)OCCO2)C(=O)Nc1ccc(OC(F)(F)F)cc1. The van der Waals surface area contributed by atoms with E-state index < -0.39 is 40.0 Å². The Morgan fingerprint density at radius 1 is 1.03 bits per heavy atom. The van der Waals surface area contributed by atoms with Gasteiger partial charge in [-0.2, -0.15) is 4.72 Å². The topological polar surface area (TPSA) is 103 Å². The van der Waals surface area contributed by atoms with E-state index in [1.165, 1.54) is 30.3 Å². The molecule has 2 aromatic rings. The minimum absolute atomic E-state index is 0.103. The molecule has 2 aromatic carbocycles. The maximum absolute atomic E-state index is 12.9. The predicted molar refractivity (Wildman–Crippen MR) is 108 cm³/mol. The van der Waals surface area contributed by atoms with E-state index in [1.54, 1.807) is 13.8 Å². The number of carbonyl (C=O) groups is 1. The molecule has 0 saturated heterocycles. The first kappa shape index (κ1) is 23.7. The highest BCUT2D eigenvalue weighted by Gasteiger charge is 2.31. The maximum Gasteiger partial charge on any atom is 0.573 e. The van der Waals surface area contributed by atoms with Crippen LogP contribution in [0.2, 0.25) is 0 Å². The lowest BCUT2D eigenvalue weighted by Crippen LogP contribution is -2.47. The monoisotopic (exact) mass is 474 g/mol. The van der Waals surface area contributed by atoms with Crippen molar-refractivity contribution >= 4 is 21.6 Å². The molecule has 0 aromatic heterocycles. The summed E-state index contributed by atoms with van der Waals surface area (Å²) < 4.78 is 79.4. The molecule has 0 unspecified atom stereocenters. The highest BCUT2D eigenvalue weighted by Crippen LogP contribution is 2.32. The van der Waals surface area contributed by atoms with Gasteiger partial charge in [-0.1, -0.05) is 13.8 Å². The van der Waals surface area contributed by atoms with E-state index >= 15 is 0 Å². The second-order valence-corrected chi connectivity index (χ2v) is 8.92. The number of hydrogen-bond acceptors (Lipinski definition) is 6. The standard InChI is InChI=1S/C20H21F3N2O6S/c1-12(2)18(19(26)24-13-3-5-14(6-4-13)31-20(21,22)23)25-32(27,28)15-7-8-16-17(11-15)30-10-9-29-16/h3-8,11-12,18,25H,9-10H2,1-2H3,(H,24,26)/t18-/m1/s1. The number of amides is 1. The highest BCUT2D eigenvalue weighted by atomic mass is 32.2. The molecular weight excluding hydrogens is 453 g/mol. The van der Waals surface area contributed by atoms with Gasteiger partial charge >= 0.3 is 6.36 Å². The number of fused-ring (bicyclic) bond motifs is 1. The van der Waals surface area contributed by atoms with Crippen LogP contribution in [0.15, 0.2) is 47.4 Å². The molecule has 12 heteroatoms. The smallest absolute Gasteiger partial charge is 0.486 e. The lowest BCUT2D eigenvalue weighted by Gasteiger charge is -2.23. The van der Waals surface area contributed by atoms with Crippen molar-refractivity contribution in [1.82, 2.24) is 4.72 Å². The molecule has 1 amide bonds. The Balaban J connectivity index is 1.72. The number of alkyl halides is 3. The van der Waals surface area contributed by atoms with E-state index in [4.69, 9.17) is 9.47 Å². The third kappa shape index (κ3) is 6.04. The molecule has 0 radical (unpaired) electrons. The quantitative estimate of drug-likeness (QED) is 0.639. The minimum atomic E-state index is -4.83. The van der Waals surface area contributed by atoms with Gasteiger partial charge in [0.05, 0.1) is 4.90 Å². The van der Waals surface area contributed by atoms with Crippen LogP contribution in [0.25, 0.3) is 0 Å². The molecule has 3 rings (SSSR count). The number of halogens is 3. The summed E-state index contributed by atoms with van der Waals surface area (Å²) >= 11 is 0. The van der Waals surface area contributed by atoms with Gasteiger partial charge in [-0.25, -0.2) is 8.42 Å². The number of sulfonamides is 1. The van der Waals surface area contributed by atoms with E-state index in [2.05, 4.69) is 14.8 Å². The van der Waals surface area contributed by atoms with Crippen molar-refractivity contribution in [3.63, 3.8) is 0 Å². The van der Waals surface area contributed by atoms with Crippen LogP contribution in [-0.4, -0.2) is 39.9 Å². The van der Waals surface area contributed by atoms with Gasteiger partial charge in [0.1, 0.15) is 25.0 Å². The van der Waals surface area contributed by atoms with Crippen LogP contribution in [-0.2, 0) is 14.8 Å². The maximum atomic E-state index is 12.9. The molecular formula is C20H21F3N2O6S. The number of anilines is 1. The molecule has 0 bridgehead atoms. The summed E-state index contributed by atoms with van der Waals surface area (Å²) in [5.41, 5.74) is 0.175. The van der Waals surface area contributed by atoms with Crippen molar-refractivity contribution in [2.45, 2.75) is 31.1 Å². The minimum Gasteiger partial charge on any atom is -0.486 e. The number of rotatable bonds is 7. The Bertz CT molecular complexity index is 1070. The van der Waals surface area contributed by atoms with Gasteiger partial charge in [0.2, 0.25) is 15.9 Å². The van der Waals surface area contributed by atoms with Crippen molar-refractivity contribution in [1.29, 1.82) is 0 Å². The fourth-order valence-corrected chi connectivity index (χ4v) is 4.24. The normalized spacial score (nSPS) is 14.7. The van der Waals surface area contributed by atoms with Crippen LogP contribution < -0.4 is 24.2 Å². The van der Waals surface area contributed by atoms with Gasteiger partial charge in [-0.15, -0.1) is 13.2 Å². The summed E-state index contributed by atoms with van der Waals surface area (Å²) in [6.07, 6.45) is -4.83. The van der Waals surface area contributed by atoms with E-state index in [-0.39, 0.29) is 22.9 Å². The average molecular weight is 474 g/mol. The fourth-order valence-electron chi connectivity index (χ4n) is 2.88. The first-order chi connectivity index (χ1) is 14.9. The third-order valence-electron chi connectivity index (χ3n) is 4.41. The largest absolute Gasteiger partial charge is 0.573 e. The summed E-state index contributed by atoms with van der Waals surface area (Å²) in [7, 11) is -4.09. The summed E-state index contributed by atoms with van der Waals surface area (Å²) in [6.45, 7) is 3.94. The van der Waals surface area contributed by atoms with Gasteiger partial charge in [0, 0.05) is 11.8 Å². The first-order valence-electron chi connectivity index (χ1n) is 9.53. The summed E-state index contributed by atoms with van der Waals surface area (Å²) in [4.78, 5) is 12.6. The van der Waals surface area contributed by atoms with Gasteiger partial charge in [-0.3, -0.25) is 4.79 Å². The van der Waals surface area contributed by atoms with Crippen LogP contribution in [0, 0.1) is 5.92 Å². The summed E-state index contributed by atoms with van der Waals surface area (Å²) in [5, 5.41) is 2.49. The molecule has 1 aliphatic heterocycles. The molecule has 1 heterocycles. The fraction of sp³-hybridized carbons (Fsp3) is 0.350. The Labute approximate surface area is 182 Å².